The van der Waals surface area contributed by atoms with E-state index >= 15 is 0 Å². The number of hydrogen-bond acceptors (Lipinski definition) is 1. The molecule has 0 bridgehead atoms. The van der Waals surface area contributed by atoms with Crippen LogP contribution in [0.3, 0.4) is 0 Å². The third kappa shape index (κ3) is 4.79. The van der Waals surface area contributed by atoms with Crippen molar-refractivity contribution in [1.29, 1.82) is 0 Å². The molecule has 82 valence electrons. The number of carbonyl (C=O) groups is 1. The Hall–Kier alpha value is -0.313. The molecule has 1 amide bonds. The minimum atomic E-state index is -0.931. The van der Waals surface area contributed by atoms with Gasteiger partial charge in [-0.05, 0) is 19.3 Å². The molecule has 1 fully saturated rings. The molecule has 1 heterocycles. The third-order valence-electron chi connectivity index (χ3n) is 2.81. The molecule has 14 heavy (non-hydrogen) atoms. The van der Waals surface area contributed by atoms with E-state index in [1.165, 1.54) is 25.3 Å². The summed E-state index contributed by atoms with van der Waals surface area (Å²) in [5.74, 6) is 0.267. The van der Waals surface area contributed by atoms with Crippen molar-refractivity contribution in [2.24, 2.45) is 0 Å². The second-order valence-electron chi connectivity index (χ2n) is 5.61. The zero-order valence-electron chi connectivity index (χ0n) is 9.73. The Balaban J connectivity index is 2.32. The molecule has 2 nitrogen and oxygen atoms in total. The first-order valence-electron chi connectivity index (χ1n) is 5.77. The van der Waals surface area contributed by atoms with Gasteiger partial charge in [0.15, 0.2) is 0 Å². The van der Waals surface area contributed by atoms with E-state index in [1.807, 2.05) is 0 Å². The van der Waals surface area contributed by atoms with E-state index in [0.29, 0.717) is 6.04 Å². The molecule has 1 atom stereocenters. The van der Waals surface area contributed by atoms with Crippen molar-refractivity contribution in [3.05, 3.63) is 0 Å². The van der Waals surface area contributed by atoms with Gasteiger partial charge in [0, 0.05) is 20.5 Å². The number of hydrogen-bond donors (Lipinski definition) is 1. The van der Waals surface area contributed by atoms with Crippen molar-refractivity contribution in [3.63, 3.8) is 0 Å². The summed E-state index contributed by atoms with van der Waals surface area (Å²) >= 11 is 0. The lowest BCUT2D eigenvalue weighted by molar-refractivity contribution is -0.121. The van der Waals surface area contributed by atoms with Crippen LogP contribution < -0.4 is 5.32 Å². The minimum Gasteiger partial charge on any atom is -0.353 e. The molecule has 0 radical (unpaired) electrons. The number of carbonyl (C=O) groups excluding carboxylic acids is 1. The monoisotopic (exact) mass is 213 g/mol. The van der Waals surface area contributed by atoms with E-state index in [2.05, 4.69) is 25.0 Å². The van der Waals surface area contributed by atoms with Crippen molar-refractivity contribution in [3.8, 4) is 0 Å². The smallest absolute Gasteiger partial charge is 0.220 e. The van der Waals surface area contributed by atoms with E-state index in [0.717, 1.165) is 12.8 Å². The summed E-state index contributed by atoms with van der Waals surface area (Å²) in [7, 11) is -0.931. The van der Waals surface area contributed by atoms with Gasteiger partial charge in [0.1, 0.15) is 0 Å². The van der Waals surface area contributed by atoms with Crippen molar-refractivity contribution < 1.29 is 4.79 Å². The van der Waals surface area contributed by atoms with Crippen LogP contribution in [0.25, 0.3) is 0 Å². The lowest BCUT2D eigenvalue weighted by atomic mass is 10.1. The predicted molar refractivity (Wildman–Crippen MR) is 63.2 cm³/mol. The normalized spacial score (nSPS) is 24.2. The Morgan fingerprint density at radius 3 is 2.71 bits per heavy atom. The van der Waals surface area contributed by atoms with Crippen LogP contribution in [-0.2, 0) is 4.79 Å². The lowest BCUT2D eigenvalue weighted by Crippen LogP contribution is -2.34. The number of amides is 1. The molecule has 0 aliphatic carbocycles. The van der Waals surface area contributed by atoms with Crippen LogP contribution in [0.4, 0.5) is 0 Å². The quantitative estimate of drug-likeness (QED) is 0.718. The van der Waals surface area contributed by atoms with Gasteiger partial charge in [-0.3, -0.25) is 4.79 Å². The first-order valence-corrected chi connectivity index (χ1v) is 9.47. The van der Waals surface area contributed by atoms with E-state index in [1.54, 1.807) is 0 Å². The first kappa shape index (κ1) is 11.8. The maximum atomic E-state index is 11.3. The maximum absolute atomic E-state index is 11.3. The number of nitrogens with one attached hydrogen (secondary N) is 1. The molecule has 0 aromatic heterocycles. The third-order valence-corrected chi connectivity index (χ3v) is 4.60. The molecule has 0 aromatic carbocycles. The molecule has 1 saturated heterocycles. The summed E-state index contributed by atoms with van der Waals surface area (Å²) in [6.45, 7) is 7.18. The van der Waals surface area contributed by atoms with Crippen LogP contribution >= 0.6 is 0 Å². The topological polar surface area (TPSA) is 29.1 Å². The van der Waals surface area contributed by atoms with Gasteiger partial charge >= 0.3 is 0 Å². The molecule has 1 aliphatic heterocycles. The average Bonchev–Trinajstić information content (AvgIpc) is 2.25. The highest BCUT2D eigenvalue weighted by Crippen LogP contribution is 2.18. The summed E-state index contributed by atoms with van der Waals surface area (Å²) in [5, 5.41) is 3.13. The molecule has 0 saturated carbocycles. The second kappa shape index (κ2) is 4.96. The summed E-state index contributed by atoms with van der Waals surface area (Å²) in [5.41, 5.74) is 0. The van der Waals surface area contributed by atoms with Gasteiger partial charge in [-0.25, -0.2) is 0 Å². The minimum absolute atomic E-state index is 0.267. The Bertz CT molecular complexity index is 198. The van der Waals surface area contributed by atoms with Gasteiger partial charge in [0.25, 0.3) is 0 Å². The highest BCUT2D eigenvalue weighted by Gasteiger charge is 2.19. The van der Waals surface area contributed by atoms with Gasteiger partial charge in [-0.15, -0.1) is 0 Å². The fourth-order valence-electron chi connectivity index (χ4n) is 1.87. The Labute approximate surface area is 88.5 Å². The van der Waals surface area contributed by atoms with Gasteiger partial charge in [0.2, 0.25) is 5.91 Å². The highest BCUT2D eigenvalue weighted by molar-refractivity contribution is 6.76. The van der Waals surface area contributed by atoms with Crippen molar-refractivity contribution >= 4 is 14.0 Å². The van der Waals surface area contributed by atoms with Crippen LogP contribution in [0.2, 0.25) is 25.7 Å². The van der Waals surface area contributed by atoms with Crippen molar-refractivity contribution in [2.45, 2.75) is 63.8 Å². The molecular formula is C11H23NOSi. The maximum Gasteiger partial charge on any atom is 0.220 e. The fraction of sp³-hybridized carbons (Fsp3) is 0.909. The van der Waals surface area contributed by atoms with Crippen LogP contribution in [0.1, 0.15) is 32.1 Å². The fourth-order valence-corrected chi connectivity index (χ4v) is 3.09. The van der Waals surface area contributed by atoms with Gasteiger partial charge < -0.3 is 5.32 Å². The van der Waals surface area contributed by atoms with E-state index < -0.39 is 8.07 Å². The summed E-state index contributed by atoms with van der Waals surface area (Å²) < 4.78 is 0. The Kier molecular flexibility index (Phi) is 4.17. The van der Waals surface area contributed by atoms with Gasteiger partial charge in [-0.1, -0.05) is 32.1 Å². The van der Waals surface area contributed by atoms with Crippen LogP contribution in [0.15, 0.2) is 0 Å². The first-order chi connectivity index (χ1) is 6.47. The summed E-state index contributed by atoms with van der Waals surface area (Å²) in [6.07, 6.45) is 5.42. The molecule has 0 spiro atoms. The molecule has 1 rings (SSSR count). The van der Waals surface area contributed by atoms with Gasteiger partial charge in [-0.2, -0.15) is 0 Å². The van der Waals surface area contributed by atoms with Crippen LogP contribution in [0.5, 0.6) is 0 Å². The second-order valence-corrected chi connectivity index (χ2v) is 11.2. The lowest BCUT2D eigenvalue weighted by Gasteiger charge is -2.21. The Morgan fingerprint density at radius 1 is 1.36 bits per heavy atom. The zero-order valence-corrected chi connectivity index (χ0v) is 10.7. The van der Waals surface area contributed by atoms with E-state index in [9.17, 15) is 4.79 Å². The standard InChI is InChI=1S/C11H23NOSi/c1-14(2,3)9-8-10-6-4-5-7-11(13)12-10/h10H,4-9H2,1-3H3,(H,12,13). The van der Waals surface area contributed by atoms with E-state index in [4.69, 9.17) is 0 Å². The summed E-state index contributed by atoms with van der Waals surface area (Å²) in [4.78, 5) is 11.3. The SMILES string of the molecule is C[Si](C)(C)CCC1CCCCC(=O)N1. The van der Waals surface area contributed by atoms with Crippen molar-refractivity contribution in [2.75, 3.05) is 0 Å². The van der Waals surface area contributed by atoms with Crippen LogP contribution in [-0.4, -0.2) is 20.0 Å². The van der Waals surface area contributed by atoms with Crippen LogP contribution in [0, 0.1) is 0 Å². The van der Waals surface area contributed by atoms with Gasteiger partial charge in [0.05, 0.1) is 0 Å². The number of rotatable bonds is 3. The molecule has 1 aliphatic rings. The molecule has 0 aromatic rings. The Morgan fingerprint density at radius 2 is 2.07 bits per heavy atom. The summed E-state index contributed by atoms with van der Waals surface area (Å²) in [6, 6.07) is 1.80. The predicted octanol–water partition coefficient (Wildman–Crippen LogP) is 2.77. The van der Waals surface area contributed by atoms with Crippen molar-refractivity contribution in [1.82, 2.24) is 5.32 Å². The highest BCUT2D eigenvalue weighted by atomic mass is 28.3. The molecule has 1 unspecified atom stereocenters. The largest absolute Gasteiger partial charge is 0.353 e. The molecule has 1 N–H and O–H groups in total. The molecule has 3 heteroatoms. The zero-order chi connectivity index (χ0) is 10.6. The molecular weight excluding hydrogens is 190 g/mol. The van der Waals surface area contributed by atoms with E-state index in [-0.39, 0.29) is 5.91 Å². The average molecular weight is 213 g/mol.